The first-order valence-electron chi connectivity index (χ1n) is 10.0. The SMILES string of the molecule is Cc1cc(F)ccc1NS(=O)(=O)c1ccc2c(c1)oc(=O)n2Cc1noc(C2CCC2)n1. The van der Waals surface area contributed by atoms with Gasteiger partial charge in [0.15, 0.2) is 11.4 Å². The van der Waals surface area contributed by atoms with Gasteiger partial charge >= 0.3 is 5.76 Å². The van der Waals surface area contributed by atoms with E-state index in [4.69, 9.17) is 8.94 Å². The number of oxazole rings is 1. The molecule has 166 valence electrons. The number of anilines is 1. The Kier molecular flexibility index (Phi) is 4.85. The summed E-state index contributed by atoms with van der Waals surface area (Å²) < 4.78 is 53.2. The van der Waals surface area contributed by atoms with Crippen LogP contribution in [0.25, 0.3) is 11.1 Å². The first-order chi connectivity index (χ1) is 15.3. The fourth-order valence-corrected chi connectivity index (χ4v) is 4.75. The van der Waals surface area contributed by atoms with Crippen LogP contribution in [0.1, 0.15) is 42.5 Å². The van der Waals surface area contributed by atoms with Gasteiger partial charge in [-0.25, -0.2) is 17.6 Å². The Morgan fingerprint density at radius 1 is 1.22 bits per heavy atom. The molecular weight excluding hydrogens is 439 g/mol. The molecule has 0 aliphatic heterocycles. The minimum Gasteiger partial charge on any atom is -0.408 e. The Morgan fingerprint density at radius 3 is 2.75 bits per heavy atom. The van der Waals surface area contributed by atoms with Crippen molar-refractivity contribution < 1.29 is 21.7 Å². The number of fused-ring (bicyclic) bond motifs is 1. The molecule has 1 fully saturated rings. The number of rotatable bonds is 6. The average Bonchev–Trinajstić information content (AvgIpc) is 3.27. The molecule has 2 heterocycles. The van der Waals surface area contributed by atoms with Crippen LogP contribution < -0.4 is 10.5 Å². The van der Waals surface area contributed by atoms with E-state index in [-0.39, 0.29) is 28.6 Å². The van der Waals surface area contributed by atoms with Gasteiger partial charge in [-0.1, -0.05) is 11.6 Å². The van der Waals surface area contributed by atoms with Crippen LogP contribution in [0.3, 0.4) is 0 Å². The molecule has 0 saturated heterocycles. The number of aromatic nitrogens is 3. The summed E-state index contributed by atoms with van der Waals surface area (Å²) >= 11 is 0. The van der Waals surface area contributed by atoms with Crippen LogP contribution >= 0.6 is 0 Å². The summed E-state index contributed by atoms with van der Waals surface area (Å²) in [7, 11) is -3.99. The number of hydrogen-bond donors (Lipinski definition) is 1. The quantitative estimate of drug-likeness (QED) is 0.469. The highest BCUT2D eigenvalue weighted by Gasteiger charge is 2.26. The monoisotopic (exact) mass is 458 g/mol. The molecular formula is C21H19FN4O5S. The van der Waals surface area contributed by atoms with Crippen molar-refractivity contribution in [3.63, 3.8) is 0 Å². The molecule has 0 bridgehead atoms. The van der Waals surface area contributed by atoms with Crippen molar-refractivity contribution in [2.75, 3.05) is 4.72 Å². The van der Waals surface area contributed by atoms with Gasteiger partial charge in [0, 0.05) is 12.0 Å². The number of sulfonamides is 1. The van der Waals surface area contributed by atoms with Gasteiger partial charge in [0.2, 0.25) is 5.89 Å². The van der Waals surface area contributed by atoms with E-state index >= 15 is 0 Å². The third-order valence-electron chi connectivity index (χ3n) is 5.62. The van der Waals surface area contributed by atoms with Crippen molar-refractivity contribution in [3.05, 3.63) is 70.0 Å². The Bertz CT molecular complexity index is 1480. The number of hydrogen-bond acceptors (Lipinski definition) is 7. The fourth-order valence-electron chi connectivity index (χ4n) is 3.60. The molecule has 1 aliphatic carbocycles. The van der Waals surface area contributed by atoms with Gasteiger partial charge in [-0.05, 0) is 55.7 Å². The zero-order valence-corrected chi connectivity index (χ0v) is 17.9. The second kappa shape index (κ2) is 7.59. The summed E-state index contributed by atoms with van der Waals surface area (Å²) in [5.41, 5.74) is 1.21. The maximum absolute atomic E-state index is 13.3. The highest BCUT2D eigenvalue weighted by Crippen LogP contribution is 2.35. The van der Waals surface area contributed by atoms with Crippen molar-refractivity contribution in [2.45, 2.75) is 43.5 Å². The number of benzene rings is 2. The lowest BCUT2D eigenvalue weighted by atomic mass is 9.85. The van der Waals surface area contributed by atoms with Gasteiger partial charge in [0.05, 0.1) is 22.6 Å². The largest absolute Gasteiger partial charge is 0.420 e. The van der Waals surface area contributed by atoms with Gasteiger partial charge in [0.1, 0.15) is 5.82 Å². The molecule has 0 amide bonds. The van der Waals surface area contributed by atoms with E-state index in [1.54, 1.807) is 6.92 Å². The normalized spacial score (nSPS) is 14.6. The van der Waals surface area contributed by atoms with Crippen LogP contribution in [-0.2, 0) is 16.6 Å². The molecule has 0 spiro atoms. The molecule has 2 aromatic carbocycles. The minimum absolute atomic E-state index is 0.0428. The van der Waals surface area contributed by atoms with Gasteiger partial charge in [-0.2, -0.15) is 4.98 Å². The lowest BCUT2D eigenvalue weighted by Gasteiger charge is -2.20. The topological polar surface area (TPSA) is 120 Å². The Hall–Kier alpha value is -3.47. The lowest BCUT2D eigenvalue weighted by molar-refractivity contribution is 0.291. The number of nitrogens with zero attached hydrogens (tertiary/aromatic N) is 3. The van der Waals surface area contributed by atoms with E-state index in [1.165, 1.54) is 41.0 Å². The first-order valence-corrected chi connectivity index (χ1v) is 11.5. The highest BCUT2D eigenvalue weighted by molar-refractivity contribution is 7.92. The molecule has 1 aliphatic rings. The average molecular weight is 458 g/mol. The molecule has 11 heteroatoms. The lowest BCUT2D eigenvalue weighted by Crippen LogP contribution is -2.16. The van der Waals surface area contributed by atoms with Crippen molar-refractivity contribution in [1.29, 1.82) is 0 Å². The van der Waals surface area contributed by atoms with E-state index in [9.17, 15) is 17.6 Å². The Morgan fingerprint density at radius 2 is 2.03 bits per heavy atom. The van der Waals surface area contributed by atoms with Gasteiger partial charge in [0.25, 0.3) is 10.0 Å². The van der Waals surface area contributed by atoms with Gasteiger partial charge in [-0.3, -0.25) is 9.29 Å². The molecule has 9 nitrogen and oxygen atoms in total. The summed E-state index contributed by atoms with van der Waals surface area (Å²) in [5, 5.41) is 3.94. The molecule has 1 N–H and O–H groups in total. The molecule has 4 aromatic rings. The molecule has 0 unspecified atom stereocenters. The summed E-state index contributed by atoms with van der Waals surface area (Å²) in [4.78, 5) is 16.7. The minimum atomic E-state index is -3.99. The Balaban J connectivity index is 1.43. The second-order valence-corrected chi connectivity index (χ2v) is 9.51. The predicted molar refractivity (Wildman–Crippen MR) is 112 cm³/mol. The zero-order valence-electron chi connectivity index (χ0n) is 17.0. The molecule has 1 saturated carbocycles. The van der Waals surface area contributed by atoms with E-state index in [0.29, 0.717) is 22.8 Å². The standard InChI is InChI=1S/C21H19FN4O5S/c1-12-9-14(22)5-7-16(12)25-32(28,29)15-6-8-17-18(10-15)30-21(27)26(17)11-19-23-20(31-24-19)13-3-2-4-13/h5-10,13,25H,2-4,11H2,1H3. The maximum Gasteiger partial charge on any atom is 0.420 e. The maximum atomic E-state index is 13.3. The molecule has 0 radical (unpaired) electrons. The molecule has 5 rings (SSSR count). The Labute approximate surface area is 181 Å². The third kappa shape index (κ3) is 3.68. The number of halogens is 1. The highest BCUT2D eigenvalue weighted by atomic mass is 32.2. The van der Waals surface area contributed by atoms with E-state index < -0.39 is 21.6 Å². The third-order valence-corrected chi connectivity index (χ3v) is 6.98. The van der Waals surface area contributed by atoms with Gasteiger partial charge in [-0.15, -0.1) is 0 Å². The van der Waals surface area contributed by atoms with Crippen LogP contribution in [0.2, 0.25) is 0 Å². The van der Waals surface area contributed by atoms with E-state index in [1.807, 2.05) is 0 Å². The zero-order chi connectivity index (χ0) is 22.5. The van der Waals surface area contributed by atoms with Crippen LogP contribution in [0.15, 0.2) is 55.0 Å². The first kappa shape index (κ1) is 20.4. The van der Waals surface area contributed by atoms with Crippen molar-refractivity contribution in [3.8, 4) is 0 Å². The van der Waals surface area contributed by atoms with Gasteiger partial charge < -0.3 is 8.94 Å². The van der Waals surface area contributed by atoms with Crippen molar-refractivity contribution in [2.24, 2.45) is 0 Å². The van der Waals surface area contributed by atoms with Crippen LogP contribution in [-0.4, -0.2) is 23.1 Å². The van der Waals surface area contributed by atoms with E-state index in [2.05, 4.69) is 14.9 Å². The number of nitrogens with one attached hydrogen (secondary N) is 1. The van der Waals surface area contributed by atoms with Crippen LogP contribution in [0.5, 0.6) is 0 Å². The molecule has 2 aromatic heterocycles. The smallest absolute Gasteiger partial charge is 0.408 e. The molecule has 32 heavy (non-hydrogen) atoms. The molecule has 0 atom stereocenters. The number of aryl methyl sites for hydroxylation is 1. The summed E-state index contributed by atoms with van der Waals surface area (Å²) in [6.07, 6.45) is 3.16. The summed E-state index contributed by atoms with van der Waals surface area (Å²) in [6.45, 7) is 1.64. The predicted octanol–water partition coefficient (Wildman–Crippen LogP) is 3.54. The van der Waals surface area contributed by atoms with Crippen molar-refractivity contribution in [1.82, 2.24) is 14.7 Å². The van der Waals surface area contributed by atoms with Crippen molar-refractivity contribution >= 4 is 26.8 Å². The van der Waals surface area contributed by atoms with Crippen LogP contribution in [0.4, 0.5) is 10.1 Å². The second-order valence-electron chi connectivity index (χ2n) is 7.83. The fraction of sp³-hybridized carbons (Fsp3) is 0.286. The summed E-state index contributed by atoms with van der Waals surface area (Å²) in [6, 6.07) is 7.87. The van der Waals surface area contributed by atoms with Crippen LogP contribution in [0, 0.1) is 12.7 Å². The van der Waals surface area contributed by atoms with E-state index in [0.717, 1.165) is 19.3 Å². The summed E-state index contributed by atoms with van der Waals surface area (Å²) in [5.74, 6) is 0.0758.